The van der Waals surface area contributed by atoms with Crippen molar-refractivity contribution in [3.05, 3.63) is 0 Å². The van der Waals surface area contributed by atoms with E-state index >= 15 is 0 Å². The number of aliphatic carboxylic acids is 1. The summed E-state index contributed by atoms with van der Waals surface area (Å²) in [7, 11) is -5.30. The molecule has 9 heteroatoms. The highest BCUT2D eigenvalue weighted by Crippen LogP contribution is 2.31. The molecule has 0 spiro atoms. The van der Waals surface area contributed by atoms with Crippen LogP contribution in [0.2, 0.25) is 0 Å². The van der Waals surface area contributed by atoms with Crippen molar-refractivity contribution in [3.8, 4) is 0 Å². The Labute approximate surface area is 115 Å². The maximum atomic E-state index is 12.2. The van der Waals surface area contributed by atoms with Gasteiger partial charge in [0.2, 0.25) is 0 Å². The fourth-order valence-corrected chi connectivity index (χ4v) is 3.21. The van der Waals surface area contributed by atoms with E-state index in [4.69, 9.17) is 5.11 Å². The topological polar surface area (TPSA) is 83.5 Å². The van der Waals surface area contributed by atoms with Gasteiger partial charge in [-0.15, -0.1) is 0 Å². The molecule has 0 aromatic heterocycles. The van der Waals surface area contributed by atoms with E-state index in [0.29, 0.717) is 32.1 Å². The number of rotatable bonds is 5. The van der Waals surface area contributed by atoms with Crippen LogP contribution in [0.5, 0.6) is 0 Å². The average molecular weight is 317 g/mol. The molecule has 1 aliphatic rings. The lowest BCUT2D eigenvalue weighted by atomic mass is 9.81. The summed E-state index contributed by atoms with van der Waals surface area (Å²) in [6.45, 7) is 1.58. The molecule has 1 fully saturated rings. The monoisotopic (exact) mass is 317 g/mol. The minimum absolute atomic E-state index is 0.118. The van der Waals surface area contributed by atoms with Crippen LogP contribution in [0.25, 0.3) is 0 Å². The van der Waals surface area contributed by atoms with Crippen LogP contribution in [-0.2, 0) is 14.8 Å². The number of sulfonamides is 1. The van der Waals surface area contributed by atoms with Gasteiger partial charge < -0.3 is 5.11 Å². The molecule has 0 aliphatic heterocycles. The zero-order valence-corrected chi connectivity index (χ0v) is 11.8. The van der Waals surface area contributed by atoms with Crippen molar-refractivity contribution in [3.63, 3.8) is 0 Å². The highest BCUT2D eigenvalue weighted by Gasteiger charge is 2.47. The van der Waals surface area contributed by atoms with Gasteiger partial charge in [0, 0.05) is 6.04 Å². The molecular weight excluding hydrogens is 299 g/mol. The normalized spacial score (nSPS) is 26.2. The van der Waals surface area contributed by atoms with Crippen molar-refractivity contribution < 1.29 is 31.5 Å². The number of hydrogen-bond donors (Lipinski definition) is 2. The maximum absolute atomic E-state index is 12.2. The molecule has 20 heavy (non-hydrogen) atoms. The molecule has 1 rings (SSSR count). The third-order valence-corrected chi connectivity index (χ3v) is 4.83. The molecule has 1 atom stereocenters. The average Bonchev–Trinajstić information content (AvgIpc) is 2.29. The minimum Gasteiger partial charge on any atom is -0.481 e. The molecule has 118 valence electrons. The van der Waals surface area contributed by atoms with Gasteiger partial charge in [0.15, 0.2) is 0 Å². The highest BCUT2D eigenvalue weighted by atomic mass is 32.2. The predicted octanol–water partition coefficient (Wildman–Crippen LogP) is 2.10. The van der Waals surface area contributed by atoms with Gasteiger partial charge in [0.1, 0.15) is 0 Å². The van der Waals surface area contributed by atoms with Gasteiger partial charge >= 0.3 is 21.5 Å². The van der Waals surface area contributed by atoms with E-state index in [1.165, 1.54) is 0 Å². The van der Waals surface area contributed by atoms with Crippen LogP contribution in [0.15, 0.2) is 0 Å². The lowest BCUT2D eigenvalue weighted by Crippen LogP contribution is -2.44. The van der Waals surface area contributed by atoms with Crippen molar-refractivity contribution in [2.24, 2.45) is 11.8 Å². The Bertz CT molecular complexity index is 441. The van der Waals surface area contributed by atoms with Gasteiger partial charge in [0.05, 0.1) is 5.92 Å². The van der Waals surface area contributed by atoms with Crippen molar-refractivity contribution in [1.82, 2.24) is 4.72 Å². The quantitative estimate of drug-likeness (QED) is 0.813. The smallest absolute Gasteiger partial charge is 0.481 e. The molecule has 0 aromatic carbocycles. The zero-order chi connectivity index (χ0) is 15.6. The van der Waals surface area contributed by atoms with E-state index in [2.05, 4.69) is 0 Å². The van der Waals surface area contributed by atoms with Crippen LogP contribution in [0, 0.1) is 11.8 Å². The lowest BCUT2D eigenvalue weighted by Gasteiger charge is -2.29. The summed E-state index contributed by atoms with van der Waals surface area (Å²) in [5.41, 5.74) is -5.29. The molecule has 0 saturated heterocycles. The Balaban J connectivity index is 2.46. The number of nitrogens with one attached hydrogen (secondary N) is 1. The maximum Gasteiger partial charge on any atom is 0.511 e. The minimum atomic E-state index is -5.30. The van der Waals surface area contributed by atoms with Crippen molar-refractivity contribution in [2.75, 3.05) is 0 Å². The van der Waals surface area contributed by atoms with E-state index in [1.54, 1.807) is 11.6 Å². The summed E-state index contributed by atoms with van der Waals surface area (Å²) < 4.78 is 60.2. The van der Waals surface area contributed by atoms with Crippen molar-refractivity contribution in [1.29, 1.82) is 0 Å². The summed E-state index contributed by atoms with van der Waals surface area (Å²) in [6.07, 6.45) is 2.12. The number of alkyl halides is 3. The summed E-state index contributed by atoms with van der Waals surface area (Å²) >= 11 is 0. The first-order chi connectivity index (χ1) is 9.03. The van der Waals surface area contributed by atoms with E-state index in [-0.39, 0.29) is 5.92 Å². The molecular formula is C11H18F3NO4S. The van der Waals surface area contributed by atoms with Gasteiger partial charge in [-0.25, -0.2) is 13.1 Å². The van der Waals surface area contributed by atoms with Crippen LogP contribution in [0.3, 0.4) is 0 Å². The van der Waals surface area contributed by atoms with Crippen LogP contribution in [-0.4, -0.2) is 31.0 Å². The number of carboxylic acids is 1. The van der Waals surface area contributed by atoms with Gasteiger partial charge in [-0.3, -0.25) is 4.79 Å². The fraction of sp³-hybridized carbons (Fsp3) is 0.909. The van der Waals surface area contributed by atoms with E-state index in [0.717, 1.165) is 0 Å². The number of carboxylic acid groups (broad SMARTS) is 1. The molecule has 1 unspecified atom stereocenters. The largest absolute Gasteiger partial charge is 0.511 e. The van der Waals surface area contributed by atoms with Gasteiger partial charge in [0.25, 0.3) is 0 Å². The van der Waals surface area contributed by atoms with Gasteiger partial charge in [-0.1, -0.05) is 6.92 Å². The van der Waals surface area contributed by atoms with E-state index < -0.39 is 33.5 Å². The summed E-state index contributed by atoms with van der Waals surface area (Å²) in [5, 5.41) is 8.79. The number of hydrogen-bond acceptors (Lipinski definition) is 3. The first kappa shape index (κ1) is 17.2. The Hall–Kier alpha value is -0.830. The molecule has 1 saturated carbocycles. The predicted molar refractivity (Wildman–Crippen MR) is 65.3 cm³/mol. The standard InChI is InChI=1S/C11H18F3NO4S/c1-7(10(16)17)6-8-2-4-9(5-3-8)15-20(18,19)11(12,13)14/h7-9,15H,2-6H2,1H3,(H,16,17). The lowest BCUT2D eigenvalue weighted by molar-refractivity contribution is -0.141. The molecule has 0 radical (unpaired) electrons. The van der Waals surface area contributed by atoms with E-state index in [9.17, 15) is 26.4 Å². The van der Waals surface area contributed by atoms with Crippen LogP contribution in [0.1, 0.15) is 39.0 Å². The Morgan fingerprint density at radius 1 is 1.30 bits per heavy atom. The highest BCUT2D eigenvalue weighted by molar-refractivity contribution is 7.90. The molecule has 0 amide bonds. The SMILES string of the molecule is CC(CC1CCC(NS(=O)(=O)C(F)(F)F)CC1)C(=O)O. The molecule has 0 aromatic rings. The molecule has 0 heterocycles. The van der Waals surface area contributed by atoms with Gasteiger partial charge in [-0.05, 0) is 38.0 Å². The molecule has 5 nitrogen and oxygen atoms in total. The summed E-state index contributed by atoms with van der Waals surface area (Å²) in [4.78, 5) is 10.7. The molecule has 1 aliphatic carbocycles. The second kappa shape index (κ2) is 6.30. The van der Waals surface area contributed by atoms with Gasteiger partial charge in [-0.2, -0.15) is 13.2 Å². The molecule has 2 N–H and O–H groups in total. The van der Waals surface area contributed by atoms with Crippen LogP contribution < -0.4 is 4.72 Å². The summed E-state index contributed by atoms with van der Waals surface area (Å²) in [5.74, 6) is -1.28. The van der Waals surface area contributed by atoms with Crippen molar-refractivity contribution in [2.45, 2.75) is 50.6 Å². The fourth-order valence-electron chi connectivity index (χ4n) is 2.40. The second-order valence-corrected chi connectivity index (χ2v) is 6.97. The number of carbonyl (C=O) groups is 1. The number of halogens is 3. The second-order valence-electron chi connectivity index (χ2n) is 5.26. The first-order valence-electron chi connectivity index (χ1n) is 6.34. The molecule has 0 bridgehead atoms. The van der Waals surface area contributed by atoms with E-state index in [1.807, 2.05) is 0 Å². The Morgan fingerprint density at radius 2 is 1.80 bits per heavy atom. The Kier molecular flexibility index (Phi) is 5.42. The van der Waals surface area contributed by atoms with Crippen LogP contribution in [0.4, 0.5) is 13.2 Å². The zero-order valence-electron chi connectivity index (χ0n) is 11.0. The third-order valence-electron chi connectivity index (χ3n) is 3.58. The van der Waals surface area contributed by atoms with Crippen molar-refractivity contribution >= 4 is 16.0 Å². The first-order valence-corrected chi connectivity index (χ1v) is 7.82. The summed E-state index contributed by atoms with van der Waals surface area (Å²) in [6, 6.07) is -0.724. The third kappa shape index (κ3) is 4.62. The van der Waals surface area contributed by atoms with Crippen LogP contribution >= 0.6 is 0 Å². The Morgan fingerprint density at radius 3 is 2.20 bits per heavy atom.